The first kappa shape index (κ1) is 30.6. The number of benzene rings is 4. The number of hydrazine groups is 1. The molecule has 10 nitrogen and oxygen atoms in total. The van der Waals surface area contributed by atoms with Crippen LogP contribution in [0.15, 0.2) is 113 Å². The minimum Gasteiger partial charge on any atom is -0.494 e. The lowest BCUT2D eigenvalue weighted by Gasteiger charge is -2.31. The molecule has 0 saturated carbocycles. The van der Waals surface area contributed by atoms with Crippen molar-refractivity contribution in [1.29, 1.82) is 0 Å². The van der Waals surface area contributed by atoms with Gasteiger partial charge in [-0.1, -0.05) is 89.5 Å². The molecule has 1 heterocycles. The predicted molar refractivity (Wildman–Crippen MR) is 169 cm³/mol. The number of amides is 1. The van der Waals surface area contributed by atoms with Crippen molar-refractivity contribution in [2.75, 3.05) is 13.2 Å². The molecular formula is C33H31ClN6O4. The number of halogens is 1. The van der Waals surface area contributed by atoms with Gasteiger partial charge >= 0.3 is 0 Å². The van der Waals surface area contributed by atoms with Crippen LogP contribution in [0.5, 0.6) is 5.75 Å². The molecule has 0 saturated heterocycles. The Kier molecular flexibility index (Phi) is 10.1. The molecule has 224 valence electrons. The number of rotatable bonds is 13. The Balaban J connectivity index is 1.55. The standard InChI is InChI=1S/C33H31ClN6O4/c34-28-13-6-4-11-25(28)22-36-39-32(42)33(21-23-9-2-1-3-10-23)30(27-12-5-7-14-29(27)38-40-35)44-31(37-33)24-15-17-26(18-16-24)43-20-8-19-41/h1-7,9-18,30,36,41H,8,19-22H2,(H,39,42)/t30-,33-/m0/s1. The zero-order chi connectivity index (χ0) is 30.8. The average molecular weight is 611 g/mol. The Hall–Kier alpha value is -4.86. The Morgan fingerprint density at radius 1 is 1.02 bits per heavy atom. The molecule has 11 heteroatoms. The molecule has 4 aromatic rings. The van der Waals surface area contributed by atoms with Crippen molar-refractivity contribution in [2.24, 2.45) is 10.1 Å². The van der Waals surface area contributed by atoms with Crippen LogP contribution in [0.3, 0.4) is 0 Å². The van der Waals surface area contributed by atoms with Crippen LogP contribution in [0.1, 0.15) is 34.8 Å². The van der Waals surface area contributed by atoms with Crippen molar-refractivity contribution in [1.82, 2.24) is 10.9 Å². The lowest BCUT2D eigenvalue weighted by Crippen LogP contribution is -2.53. The van der Waals surface area contributed by atoms with E-state index in [1.165, 1.54) is 0 Å². The summed E-state index contributed by atoms with van der Waals surface area (Å²) >= 11 is 6.33. The molecule has 0 aliphatic carbocycles. The fourth-order valence-corrected chi connectivity index (χ4v) is 5.19. The van der Waals surface area contributed by atoms with E-state index < -0.39 is 17.6 Å². The quantitative estimate of drug-likeness (QED) is 0.0531. The number of nitrogens with zero attached hydrogens (tertiary/aromatic N) is 4. The van der Waals surface area contributed by atoms with Crippen molar-refractivity contribution in [3.05, 3.63) is 141 Å². The molecule has 4 aromatic carbocycles. The van der Waals surface area contributed by atoms with E-state index in [-0.39, 0.29) is 25.5 Å². The maximum Gasteiger partial charge on any atom is 0.266 e. The molecule has 44 heavy (non-hydrogen) atoms. The van der Waals surface area contributed by atoms with E-state index >= 15 is 0 Å². The number of azide groups is 1. The third kappa shape index (κ3) is 7.02. The van der Waals surface area contributed by atoms with Gasteiger partial charge < -0.3 is 14.6 Å². The van der Waals surface area contributed by atoms with Gasteiger partial charge in [0.1, 0.15) is 5.75 Å². The number of aliphatic hydroxyl groups is 1. The van der Waals surface area contributed by atoms with Crippen LogP contribution >= 0.6 is 11.6 Å². The summed E-state index contributed by atoms with van der Waals surface area (Å²) in [6.07, 6.45) is -0.234. The van der Waals surface area contributed by atoms with E-state index in [0.29, 0.717) is 40.6 Å². The molecule has 0 bridgehead atoms. The van der Waals surface area contributed by atoms with Crippen LogP contribution in [0.25, 0.3) is 10.4 Å². The summed E-state index contributed by atoms with van der Waals surface area (Å²) in [5.74, 6) is 0.445. The van der Waals surface area contributed by atoms with Crippen LogP contribution in [-0.2, 0) is 22.5 Å². The van der Waals surface area contributed by atoms with Gasteiger partial charge in [-0.3, -0.25) is 10.2 Å². The minimum absolute atomic E-state index is 0.0419. The second-order valence-corrected chi connectivity index (χ2v) is 10.5. The number of carbonyl (C=O) groups excluding carboxylic acids is 1. The highest BCUT2D eigenvalue weighted by Crippen LogP contribution is 2.45. The molecule has 0 fully saturated rings. The summed E-state index contributed by atoms with van der Waals surface area (Å²) in [7, 11) is 0. The minimum atomic E-state index is -1.50. The molecule has 0 spiro atoms. The zero-order valence-corrected chi connectivity index (χ0v) is 24.5. The van der Waals surface area contributed by atoms with E-state index in [0.717, 1.165) is 11.1 Å². The lowest BCUT2D eigenvalue weighted by molar-refractivity contribution is -0.130. The summed E-state index contributed by atoms with van der Waals surface area (Å²) in [4.78, 5) is 22.3. The number of nitrogens with one attached hydrogen (secondary N) is 2. The molecule has 3 N–H and O–H groups in total. The van der Waals surface area contributed by atoms with Gasteiger partial charge in [-0.25, -0.2) is 10.4 Å². The Morgan fingerprint density at radius 2 is 1.75 bits per heavy atom. The van der Waals surface area contributed by atoms with Gasteiger partial charge in [-0.15, -0.1) is 0 Å². The van der Waals surface area contributed by atoms with E-state index in [2.05, 4.69) is 20.9 Å². The SMILES string of the molecule is [N-]=[N+]=Nc1ccccc1[C@@H]1OC(c2ccc(OCCCO)cc2)=N[C@]1(Cc1ccccc1)C(=O)NNCc1ccccc1Cl. The molecule has 1 aliphatic rings. The average Bonchev–Trinajstić information content (AvgIpc) is 3.43. The largest absolute Gasteiger partial charge is 0.494 e. The topological polar surface area (TPSA) is 141 Å². The number of aliphatic imine (C=N–C) groups is 1. The maximum absolute atomic E-state index is 14.3. The second-order valence-electron chi connectivity index (χ2n) is 10.1. The van der Waals surface area contributed by atoms with Crippen molar-refractivity contribution in [3.63, 3.8) is 0 Å². The fourth-order valence-electron chi connectivity index (χ4n) is 4.98. The van der Waals surface area contributed by atoms with Crippen LogP contribution in [0.2, 0.25) is 5.02 Å². The van der Waals surface area contributed by atoms with Gasteiger partial charge in [-0.05, 0) is 47.0 Å². The predicted octanol–water partition coefficient (Wildman–Crippen LogP) is 6.36. The van der Waals surface area contributed by atoms with Crippen LogP contribution in [0, 0.1) is 0 Å². The number of carbonyl (C=O) groups is 1. The van der Waals surface area contributed by atoms with E-state index in [1.54, 1.807) is 54.6 Å². The lowest BCUT2D eigenvalue weighted by atomic mass is 9.81. The molecule has 1 aliphatic heterocycles. The molecule has 5 rings (SSSR count). The van der Waals surface area contributed by atoms with Gasteiger partial charge in [0.05, 0.1) is 6.61 Å². The molecule has 2 atom stereocenters. The van der Waals surface area contributed by atoms with Gasteiger partial charge in [0.15, 0.2) is 11.6 Å². The number of hydrogen-bond donors (Lipinski definition) is 3. The third-order valence-corrected chi connectivity index (χ3v) is 7.53. The number of ether oxygens (including phenoxy) is 2. The molecule has 1 amide bonds. The Bertz CT molecular complexity index is 1660. The fraction of sp³-hybridized carbons (Fsp3) is 0.212. The second kappa shape index (κ2) is 14.5. The van der Waals surface area contributed by atoms with Crippen molar-refractivity contribution >= 4 is 29.1 Å². The van der Waals surface area contributed by atoms with E-state index in [1.807, 2.05) is 48.5 Å². The Labute approximate surface area is 259 Å². The van der Waals surface area contributed by atoms with Crippen LogP contribution < -0.4 is 15.6 Å². The maximum atomic E-state index is 14.3. The van der Waals surface area contributed by atoms with Gasteiger partial charge in [0, 0.05) is 52.7 Å². The summed E-state index contributed by atoms with van der Waals surface area (Å²) in [6.45, 7) is 0.704. The first-order valence-electron chi connectivity index (χ1n) is 14.1. The first-order chi connectivity index (χ1) is 21.5. The molecule has 0 unspecified atom stereocenters. The first-order valence-corrected chi connectivity index (χ1v) is 14.5. The van der Waals surface area contributed by atoms with Crippen molar-refractivity contribution in [2.45, 2.75) is 31.0 Å². The van der Waals surface area contributed by atoms with E-state index in [9.17, 15) is 10.3 Å². The monoisotopic (exact) mass is 610 g/mol. The summed E-state index contributed by atoms with van der Waals surface area (Å²) < 4.78 is 12.2. The van der Waals surface area contributed by atoms with Crippen LogP contribution in [-0.4, -0.2) is 35.7 Å². The number of aliphatic hydroxyl groups excluding tert-OH is 1. The summed E-state index contributed by atoms with van der Waals surface area (Å²) in [5.41, 5.74) is 16.8. The van der Waals surface area contributed by atoms with Gasteiger partial charge in [0.2, 0.25) is 5.90 Å². The highest BCUT2D eigenvalue weighted by atomic mass is 35.5. The molecule has 0 radical (unpaired) electrons. The summed E-state index contributed by atoms with van der Waals surface area (Å²) in [5, 5.41) is 13.5. The third-order valence-electron chi connectivity index (χ3n) is 7.16. The zero-order valence-electron chi connectivity index (χ0n) is 23.8. The highest BCUT2D eigenvalue weighted by molar-refractivity contribution is 6.31. The van der Waals surface area contributed by atoms with Crippen LogP contribution in [0.4, 0.5) is 5.69 Å². The van der Waals surface area contributed by atoms with Gasteiger partial charge in [0.25, 0.3) is 5.91 Å². The smallest absolute Gasteiger partial charge is 0.266 e. The number of hydrogen-bond acceptors (Lipinski definition) is 7. The van der Waals surface area contributed by atoms with Crippen molar-refractivity contribution < 1.29 is 19.4 Å². The van der Waals surface area contributed by atoms with Crippen molar-refractivity contribution in [3.8, 4) is 5.75 Å². The highest BCUT2D eigenvalue weighted by Gasteiger charge is 2.54. The Morgan fingerprint density at radius 3 is 2.50 bits per heavy atom. The van der Waals surface area contributed by atoms with E-state index in [4.69, 9.17) is 31.2 Å². The normalized spacial score (nSPS) is 17.2. The molecular weight excluding hydrogens is 580 g/mol. The molecule has 0 aromatic heterocycles. The van der Waals surface area contributed by atoms with Gasteiger partial charge in [-0.2, -0.15) is 0 Å². The summed E-state index contributed by atoms with van der Waals surface area (Å²) in [6, 6.07) is 31.1.